The molecule has 1 saturated heterocycles. The number of hydrogen-bond donors (Lipinski definition) is 1. The van der Waals surface area contributed by atoms with Crippen molar-refractivity contribution in [3.05, 3.63) is 35.9 Å². The van der Waals surface area contributed by atoms with E-state index in [0.29, 0.717) is 5.92 Å². The van der Waals surface area contributed by atoms with Crippen LogP contribution in [0.15, 0.2) is 30.3 Å². The Morgan fingerprint density at radius 2 is 1.71 bits per heavy atom. The van der Waals surface area contributed by atoms with Gasteiger partial charge in [0.1, 0.15) is 0 Å². The third-order valence-electron chi connectivity index (χ3n) is 3.17. The van der Waals surface area contributed by atoms with Crippen LogP contribution in [0.5, 0.6) is 0 Å². The molecule has 4 unspecified atom stereocenters. The standard InChI is InChI=1S/C12H16O2/c1-8-9(2)12(13)14-11(8)10-6-4-3-5-7-10/h3-9,11-13H,1-2H3. The van der Waals surface area contributed by atoms with Crippen molar-refractivity contribution < 1.29 is 9.84 Å². The fraction of sp³-hybridized carbons (Fsp3) is 0.500. The molecule has 0 amide bonds. The van der Waals surface area contributed by atoms with E-state index in [9.17, 15) is 5.11 Å². The molecule has 14 heavy (non-hydrogen) atoms. The van der Waals surface area contributed by atoms with Crippen LogP contribution in [0, 0.1) is 11.8 Å². The normalized spacial score (nSPS) is 37.4. The van der Waals surface area contributed by atoms with E-state index in [1.807, 2.05) is 37.3 Å². The Labute approximate surface area is 84.5 Å². The maximum atomic E-state index is 9.58. The van der Waals surface area contributed by atoms with Gasteiger partial charge in [0.05, 0.1) is 6.10 Å². The largest absolute Gasteiger partial charge is 0.368 e. The highest BCUT2D eigenvalue weighted by Gasteiger charge is 2.38. The molecule has 2 nitrogen and oxygen atoms in total. The van der Waals surface area contributed by atoms with Crippen molar-refractivity contribution in [1.82, 2.24) is 0 Å². The molecule has 2 rings (SSSR count). The van der Waals surface area contributed by atoms with Crippen LogP contribution in [0.1, 0.15) is 25.5 Å². The third kappa shape index (κ3) is 1.56. The van der Waals surface area contributed by atoms with Gasteiger partial charge >= 0.3 is 0 Å². The van der Waals surface area contributed by atoms with Crippen LogP contribution >= 0.6 is 0 Å². The van der Waals surface area contributed by atoms with Gasteiger partial charge in [-0.1, -0.05) is 44.2 Å². The predicted octanol–water partition coefficient (Wildman–Crippen LogP) is 2.35. The van der Waals surface area contributed by atoms with E-state index < -0.39 is 6.29 Å². The van der Waals surface area contributed by atoms with Gasteiger partial charge in [-0.05, 0) is 11.5 Å². The zero-order valence-corrected chi connectivity index (χ0v) is 8.55. The maximum Gasteiger partial charge on any atom is 0.158 e. The van der Waals surface area contributed by atoms with Crippen molar-refractivity contribution >= 4 is 0 Å². The van der Waals surface area contributed by atoms with Gasteiger partial charge in [0.25, 0.3) is 0 Å². The molecular weight excluding hydrogens is 176 g/mol. The summed E-state index contributed by atoms with van der Waals surface area (Å²) in [6.07, 6.45) is -0.573. The molecule has 0 radical (unpaired) electrons. The molecule has 0 bridgehead atoms. The second-order valence-corrected chi connectivity index (χ2v) is 4.08. The summed E-state index contributed by atoms with van der Waals surface area (Å²) in [6.45, 7) is 4.15. The summed E-state index contributed by atoms with van der Waals surface area (Å²) in [4.78, 5) is 0. The van der Waals surface area contributed by atoms with Gasteiger partial charge in [0.2, 0.25) is 0 Å². The molecule has 1 fully saturated rings. The second kappa shape index (κ2) is 3.71. The van der Waals surface area contributed by atoms with Gasteiger partial charge < -0.3 is 9.84 Å². The molecule has 0 saturated carbocycles. The molecule has 1 aromatic carbocycles. The molecule has 2 heteroatoms. The molecular formula is C12H16O2. The first kappa shape index (κ1) is 9.69. The quantitative estimate of drug-likeness (QED) is 0.740. The zero-order chi connectivity index (χ0) is 10.1. The van der Waals surface area contributed by atoms with Crippen LogP contribution in [0.3, 0.4) is 0 Å². The summed E-state index contributed by atoms with van der Waals surface area (Å²) < 4.78 is 5.53. The van der Waals surface area contributed by atoms with E-state index in [0.717, 1.165) is 5.56 Å². The lowest BCUT2D eigenvalue weighted by Crippen LogP contribution is -2.14. The maximum absolute atomic E-state index is 9.58. The predicted molar refractivity (Wildman–Crippen MR) is 54.6 cm³/mol. The van der Waals surface area contributed by atoms with Crippen LogP contribution in [0.2, 0.25) is 0 Å². The summed E-state index contributed by atoms with van der Waals surface area (Å²) in [5.41, 5.74) is 1.16. The average molecular weight is 192 g/mol. The van der Waals surface area contributed by atoms with Crippen molar-refractivity contribution in [1.29, 1.82) is 0 Å². The zero-order valence-electron chi connectivity index (χ0n) is 8.55. The topological polar surface area (TPSA) is 29.5 Å². The van der Waals surface area contributed by atoms with Crippen molar-refractivity contribution in [2.24, 2.45) is 11.8 Å². The minimum absolute atomic E-state index is 0.0428. The molecule has 0 spiro atoms. The van der Waals surface area contributed by atoms with E-state index in [2.05, 4.69) is 6.92 Å². The van der Waals surface area contributed by atoms with Crippen LogP contribution in [0.25, 0.3) is 0 Å². The highest BCUT2D eigenvalue weighted by Crippen LogP contribution is 2.40. The van der Waals surface area contributed by atoms with E-state index in [1.54, 1.807) is 0 Å². The molecule has 1 heterocycles. The van der Waals surface area contributed by atoms with E-state index >= 15 is 0 Å². The Morgan fingerprint density at radius 1 is 1.07 bits per heavy atom. The lowest BCUT2D eigenvalue weighted by atomic mass is 9.90. The van der Waals surface area contributed by atoms with E-state index in [4.69, 9.17) is 4.74 Å². The molecule has 1 aromatic rings. The Balaban J connectivity index is 2.21. The first-order valence-corrected chi connectivity index (χ1v) is 5.08. The van der Waals surface area contributed by atoms with Crippen molar-refractivity contribution in [3.63, 3.8) is 0 Å². The van der Waals surface area contributed by atoms with Gasteiger partial charge in [-0.15, -0.1) is 0 Å². The summed E-state index contributed by atoms with van der Waals surface area (Å²) in [5.74, 6) is 0.576. The SMILES string of the molecule is CC1C(O)OC(c2ccccc2)C1C. The summed E-state index contributed by atoms with van der Waals surface area (Å²) in [6, 6.07) is 10.1. The fourth-order valence-electron chi connectivity index (χ4n) is 1.96. The average Bonchev–Trinajstić information content (AvgIpc) is 2.47. The second-order valence-electron chi connectivity index (χ2n) is 4.08. The Bertz CT molecular complexity index is 296. The number of hydrogen-bond acceptors (Lipinski definition) is 2. The lowest BCUT2D eigenvalue weighted by Gasteiger charge is -2.15. The summed E-state index contributed by atoms with van der Waals surface area (Å²) >= 11 is 0. The first-order valence-electron chi connectivity index (χ1n) is 5.08. The number of ether oxygens (including phenoxy) is 1. The molecule has 0 aromatic heterocycles. The molecule has 1 aliphatic heterocycles. The molecule has 4 atom stereocenters. The van der Waals surface area contributed by atoms with Gasteiger partial charge in [-0.25, -0.2) is 0 Å². The number of benzene rings is 1. The Morgan fingerprint density at radius 3 is 2.21 bits per heavy atom. The molecule has 0 aliphatic carbocycles. The van der Waals surface area contributed by atoms with Gasteiger partial charge in [0.15, 0.2) is 6.29 Å². The number of aliphatic hydroxyl groups is 1. The minimum Gasteiger partial charge on any atom is -0.368 e. The van der Waals surface area contributed by atoms with Crippen LogP contribution < -0.4 is 0 Å². The first-order chi connectivity index (χ1) is 6.70. The molecule has 76 valence electrons. The molecule has 1 N–H and O–H groups in total. The Kier molecular flexibility index (Phi) is 2.57. The smallest absolute Gasteiger partial charge is 0.158 e. The summed E-state index contributed by atoms with van der Waals surface area (Å²) in [7, 11) is 0. The van der Waals surface area contributed by atoms with Gasteiger partial charge in [-0.3, -0.25) is 0 Å². The Hall–Kier alpha value is -0.860. The van der Waals surface area contributed by atoms with Crippen molar-refractivity contribution in [2.75, 3.05) is 0 Å². The highest BCUT2D eigenvalue weighted by atomic mass is 16.6. The van der Waals surface area contributed by atoms with Gasteiger partial charge in [0, 0.05) is 5.92 Å². The third-order valence-corrected chi connectivity index (χ3v) is 3.17. The van der Waals surface area contributed by atoms with Crippen LogP contribution in [0.4, 0.5) is 0 Å². The van der Waals surface area contributed by atoms with Crippen LogP contribution in [-0.4, -0.2) is 11.4 Å². The van der Waals surface area contributed by atoms with Gasteiger partial charge in [-0.2, -0.15) is 0 Å². The number of rotatable bonds is 1. The van der Waals surface area contributed by atoms with Crippen molar-refractivity contribution in [3.8, 4) is 0 Å². The van der Waals surface area contributed by atoms with Crippen LogP contribution in [-0.2, 0) is 4.74 Å². The minimum atomic E-state index is -0.616. The van der Waals surface area contributed by atoms with E-state index in [-0.39, 0.29) is 12.0 Å². The highest BCUT2D eigenvalue weighted by molar-refractivity contribution is 5.19. The monoisotopic (exact) mass is 192 g/mol. The lowest BCUT2D eigenvalue weighted by molar-refractivity contribution is -0.107. The van der Waals surface area contributed by atoms with Crippen molar-refractivity contribution in [2.45, 2.75) is 26.2 Å². The number of aliphatic hydroxyl groups excluding tert-OH is 1. The fourth-order valence-corrected chi connectivity index (χ4v) is 1.96. The molecule has 1 aliphatic rings. The van der Waals surface area contributed by atoms with E-state index in [1.165, 1.54) is 0 Å². The summed E-state index contributed by atoms with van der Waals surface area (Å²) in [5, 5.41) is 9.58.